The molecule has 0 aliphatic carbocycles. The van der Waals surface area contributed by atoms with Gasteiger partial charge in [-0.1, -0.05) is 23.4 Å². The second kappa shape index (κ2) is 8.63. The van der Waals surface area contributed by atoms with Gasteiger partial charge in [-0.05, 0) is 30.7 Å². The lowest BCUT2D eigenvalue weighted by Crippen LogP contribution is -2.52. The van der Waals surface area contributed by atoms with Gasteiger partial charge in [0, 0.05) is 42.8 Å². The molecule has 1 aromatic heterocycles. The minimum Gasteiger partial charge on any atom is -0.339 e. The number of aromatic nitrogens is 3. The van der Waals surface area contributed by atoms with Crippen LogP contribution in [-0.2, 0) is 14.6 Å². The van der Waals surface area contributed by atoms with Crippen molar-refractivity contribution in [1.82, 2.24) is 25.0 Å². The summed E-state index contributed by atoms with van der Waals surface area (Å²) in [6, 6.07) is 7.40. The Kier molecular flexibility index (Phi) is 6.14. The number of hydrogen-bond donors (Lipinski definition) is 1. The summed E-state index contributed by atoms with van der Waals surface area (Å²) in [6.45, 7) is 2.69. The van der Waals surface area contributed by atoms with Crippen LogP contribution in [0.3, 0.4) is 0 Å². The van der Waals surface area contributed by atoms with Crippen LogP contribution in [0.4, 0.5) is 0 Å². The van der Waals surface area contributed by atoms with Crippen molar-refractivity contribution in [3.8, 4) is 11.4 Å². The van der Waals surface area contributed by atoms with Crippen LogP contribution in [0.5, 0.6) is 0 Å². The van der Waals surface area contributed by atoms with Crippen LogP contribution in [0.2, 0.25) is 5.02 Å². The first-order chi connectivity index (χ1) is 13.9. The number of nitrogens with zero attached hydrogens (tertiary/aromatic N) is 4. The number of halogens is 1. The van der Waals surface area contributed by atoms with E-state index in [4.69, 9.17) is 11.6 Å². The molecule has 0 saturated carbocycles. The van der Waals surface area contributed by atoms with Crippen molar-refractivity contribution in [2.75, 3.05) is 43.4 Å². The van der Waals surface area contributed by atoms with Gasteiger partial charge in [-0.3, -0.25) is 14.8 Å². The first kappa shape index (κ1) is 20.6. The summed E-state index contributed by atoms with van der Waals surface area (Å²) in [5.41, 5.74) is 0.880. The van der Waals surface area contributed by atoms with Gasteiger partial charge in [0.2, 0.25) is 11.1 Å². The van der Waals surface area contributed by atoms with Crippen molar-refractivity contribution in [2.45, 2.75) is 17.6 Å². The Bertz CT molecular complexity index is 972. The molecular weight excluding hydrogens is 434 g/mol. The van der Waals surface area contributed by atoms with Gasteiger partial charge < -0.3 is 4.90 Å². The highest BCUT2D eigenvalue weighted by Crippen LogP contribution is 2.22. The number of aromatic amines is 1. The molecule has 1 N–H and O–H groups in total. The van der Waals surface area contributed by atoms with Gasteiger partial charge in [-0.25, -0.2) is 13.4 Å². The lowest BCUT2D eigenvalue weighted by Gasteiger charge is -2.37. The van der Waals surface area contributed by atoms with Crippen molar-refractivity contribution in [1.29, 1.82) is 0 Å². The molecule has 3 heterocycles. The summed E-state index contributed by atoms with van der Waals surface area (Å²) in [4.78, 5) is 21.0. The van der Waals surface area contributed by atoms with E-state index in [0.29, 0.717) is 35.5 Å². The van der Waals surface area contributed by atoms with Crippen molar-refractivity contribution >= 4 is 39.1 Å². The largest absolute Gasteiger partial charge is 0.339 e. The highest BCUT2D eigenvalue weighted by atomic mass is 35.5. The third-order valence-corrected chi connectivity index (χ3v) is 8.13. The quantitative estimate of drug-likeness (QED) is 0.683. The molecule has 11 heteroatoms. The predicted molar refractivity (Wildman–Crippen MR) is 113 cm³/mol. The van der Waals surface area contributed by atoms with Gasteiger partial charge in [0.15, 0.2) is 15.7 Å². The number of hydrogen-bond acceptors (Lipinski definition) is 7. The van der Waals surface area contributed by atoms with Gasteiger partial charge in [0.25, 0.3) is 0 Å². The number of sulfone groups is 1. The number of benzene rings is 1. The van der Waals surface area contributed by atoms with Crippen LogP contribution in [0.25, 0.3) is 11.4 Å². The lowest BCUT2D eigenvalue weighted by atomic mass is 10.2. The van der Waals surface area contributed by atoms with Crippen molar-refractivity contribution < 1.29 is 13.2 Å². The summed E-state index contributed by atoms with van der Waals surface area (Å²) in [5.74, 6) is 1.48. The lowest BCUT2D eigenvalue weighted by molar-refractivity contribution is -0.130. The van der Waals surface area contributed by atoms with E-state index in [9.17, 15) is 13.2 Å². The highest BCUT2D eigenvalue weighted by Gasteiger charge is 2.34. The number of amides is 1. The minimum atomic E-state index is -2.88. The van der Waals surface area contributed by atoms with Crippen LogP contribution in [0, 0.1) is 0 Å². The maximum atomic E-state index is 12.5. The van der Waals surface area contributed by atoms with Crippen LogP contribution in [0.15, 0.2) is 29.4 Å². The van der Waals surface area contributed by atoms with Crippen LogP contribution >= 0.6 is 23.4 Å². The standard InChI is InChI=1S/C18H22ClN5O3S2/c19-14-3-1-13(2-4-14)17-20-18(22-21-17)28-11-16(25)24-8-6-23(7-9-24)15-5-10-29(26,27)12-15/h1-4,15H,5-12H2,(H,20,21,22). The summed E-state index contributed by atoms with van der Waals surface area (Å²) in [7, 11) is -2.88. The summed E-state index contributed by atoms with van der Waals surface area (Å²) >= 11 is 7.20. The molecule has 2 fully saturated rings. The molecule has 0 bridgehead atoms. The Morgan fingerprint density at radius 1 is 1.21 bits per heavy atom. The van der Waals surface area contributed by atoms with Gasteiger partial charge in [0.1, 0.15) is 0 Å². The summed E-state index contributed by atoms with van der Waals surface area (Å²) in [5, 5.41) is 8.23. The van der Waals surface area contributed by atoms with Crippen LogP contribution in [0.1, 0.15) is 6.42 Å². The molecule has 2 aromatic rings. The second-order valence-corrected chi connectivity index (χ2v) is 10.8. The molecule has 4 rings (SSSR count). The van der Waals surface area contributed by atoms with Crippen LogP contribution < -0.4 is 0 Å². The SMILES string of the molecule is O=C(CSc1n[nH]c(-c2ccc(Cl)cc2)n1)N1CCN(C2CCS(=O)(=O)C2)CC1. The van der Waals surface area contributed by atoms with Crippen molar-refractivity contribution in [2.24, 2.45) is 0 Å². The summed E-state index contributed by atoms with van der Waals surface area (Å²) < 4.78 is 23.3. The smallest absolute Gasteiger partial charge is 0.233 e. The third-order valence-electron chi connectivity index (χ3n) is 5.30. The normalized spacial score (nSPS) is 22.1. The minimum absolute atomic E-state index is 0.0477. The van der Waals surface area contributed by atoms with E-state index < -0.39 is 9.84 Å². The number of rotatable bonds is 5. The fraction of sp³-hybridized carbons (Fsp3) is 0.500. The highest BCUT2D eigenvalue weighted by molar-refractivity contribution is 7.99. The Labute approximate surface area is 178 Å². The molecule has 0 spiro atoms. The monoisotopic (exact) mass is 455 g/mol. The predicted octanol–water partition coefficient (Wildman–Crippen LogP) is 1.55. The Morgan fingerprint density at radius 3 is 2.59 bits per heavy atom. The fourth-order valence-corrected chi connectivity index (χ4v) is 6.25. The van der Waals surface area contributed by atoms with E-state index in [1.807, 2.05) is 17.0 Å². The molecule has 1 aromatic carbocycles. The Morgan fingerprint density at radius 2 is 1.93 bits per heavy atom. The molecule has 8 nitrogen and oxygen atoms in total. The number of thioether (sulfide) groups is 1. The molecule has 2 saturated heterocycles. The first-order valence-electron chi connectivity index (χ1n) is 9.43. The van der Waals surface area contributed by atoms with Crippen molar-refractivity contribution in [3.05, 3.63) is 29.3 Å². The zero-order valence-corrected chi connectivity index (χ0v) is 18.1. The van der Waals surface area contributed by atoms with Crippen LogP contribution in [-0.4, -0.2) is 88.8 Å². The maximum Gasteiger partial charge on any atom is 0.233 e. The van der Waals surface area contributed by atoms with E-state index in [1.54, 1.807) is 12.1 Å². The maximum absolute atomic E-state index is 12.5. The summed E-state index contributed by atoms with van der Waals surface area (Å²) in [6.07, 6.45) is 0.701. The fourth-order valence-electron chi connectivity index (χ4n) is 3.67. The van der Waals surface area contributed by atoms with E-state index in [0.717, 1.165) is 18.7 Å². The van der Waals surface area contributed by atoms with E-state index in [-0.39, 0.29) is 29.2 Å². The molecule has 156 valence electrons. The number of H-pyrrole nitrogens is 1. The zero-order valence-electron chi connectivity index (χ0n) is 15.8. The Hall–Kier alpha value is -1.62. The molecular formula is C18H22ClN5O3S2. The van der Waals surface area contributed by atoms with Gasteiger partial charge >= 0.3 is 0 Å². The number of piperazine rings is 1. The van der Waals surface area contributed by atoms with E-state index in [1.165, 1.54) is 11.8 Å². The molecule has 0 radical (unpaired) electrons. The van der Waals surface area contributed by atoms with Crippen molar-refractivity contribution in [3.63, 3.8) is 0 Å². The number of nitrogens with one attached hydrogen (secondary N) is 1. The van der Waals surface area contributed by atoms with Gasteiger partial charge in [-0.2, -0.15) is 0 Å². The average Bonchev–Trinajstić information content (AvgIpc) is 3.33. The van der Waals surface area contributed by atoms with E-state index >= 15 is 0 Å². The average molecular weight is 456 g/mol. The second-order valence-electron chi connectivity index (χ2n) is 7.24. The number of carbonyl (C=O) groups is 1. The Balaban J connectivity index is 1.25. The zero-order chi connectivity index (χ0) is 20.4. The molecule has 1 amide bonds. The molecule has 29 heavy (non-hydrogen) atoms. The third kappa shape index (κ3) is 5.11. The van der Waals surface area contributed by atoms with Gasteiger partial charge in [-0.15, -0.1) is 5.10 Å². The molecule has 2 aliphatic heterocycles. The molecule has 1 unspecified atom stereocenters. The number of carbonyl (C=O) groups excluding carboxylic acids is 1. The molecule has 1 atom stereocenters. The topological polar surface area (TPSA) is 99.3 Å². The molecule has 2 aliphatic rings. The van der Waals surface area contributed by atoms with E-state index in [2.05, 4.69) is 20.1 Å². The first-order valence-corrected chi connectivity index (χ1v) is 12.6. The van der Waals surface area contributed by atoms with Gasteiger partial charge in [0.05, 0.1) is 17.3 Å².